The highest BCUT2D eigenvalue weighted by Gasteiger charge is 2.20. The van der Waals surface area contributed by atoms with E-state index in [4.69, 9.17) is 5.11 Å². The molecule has 1 aliphatic rings. The predicted molar refractivity (Wildman–Crippen MR) is 65.5 cm³/mol. The molecule has 82 valence electrons. The van der Waals surface area contributed by atoms with Gasteiger partial charge in [0, 0.05) is 11.1 Å². The van der Waals surface area contributed by atoms with Gasteiger partial charge in [0.25, 0.3) is 0 Å². The van der Waals surface area contributed by atoms with Crippen LogP contribution in [-0.2, 0) is 4.79 Å². The van der Waals surface area contributed by atoms with Gasteiger partial charge in [-0.2, -0.15) is 0 Å². The topological polar surface area (TPSA) is 40.5 Å². The molecule has 0 radical (unpaired) electrons. The van der Waals surface area contributed by atoms with Crippen LogP contribution in [-0.4, -0.2) is 22.5 Å². The molecular weight excluding hydrogens is 222 g/mol. The zero-order valence-electron chi connectivity index (χ0n) is 8.59. The van der Waals surface area contributed by atoms with E-state index < -0.39 is 5.97 Å². The fraction of sp³-hybridized carbons (Fsp3) is 0.0833. The average molecular weight is 233 g/mol. The van der Waals surface area contributed by atoms with Crippen molar-refractivity contribution in [2.75, 3.05) is 6.54 Å². The molecule has 0 saturated carbocycles. The van der Waals surface area contributed by atoms with Crippen LogP contribution in [0.15, 0.2) is 48.1 Å². The SMILES string of the molecule is C=C1SC(c2ccccc2)=CN1CC(=O)O. The molecule has 0 aliphatic carbocycles. The lowest BCUT2D eigenvalue weighted by Gasteiger charge is -2.11. The Morgan fingerprint density at radius 2 is 2.06 bits per heavy atom. The first-order valence-electron chi connectivity index (χ1n) is 4.79. The first-order chi connectivity index (χ1) is 7.66. The van der Waals surface area contributed by atoms with Crippen LogP contribution in [0.25, 0.3) is 4.91 Å². The van der Waals surface area contributed by atoms with Crippen LogP contribution in [0.2, 0.25) is 0 Å². The van der Waals surface area contributed by atoms with Crippen LogP contribution < -0.4 is 0 Å². The number of carboxylic acid groups (broad SMARTS) is 1. The Hall–Kier alpha value is -1.68. The van der Waals surface area contributed by atoms with E-state index in [9.17, 15) is 4.79 Å². The molecule has 0 atom stereocenters. The minimum absolute atomic E-state index is 0.0395. The number of rotatable bonds is 3. The number of nitrogens with zero attached hydrogens (tertiary/aromatic N) is 1. The van der Waals surface area contributed by atoms with Crippen LogP contribution in [0.4, 0.5) is 0 Å². The molecule has 1 aliphatic heterocycles. The molecule has 1 aromatic rings. The minimum Gasteiger partial charge on any atom is -0.480 e. The zero-order chi connectivity index (χ0) is 11.5. The van der Waals surface area contributed by atoms with E-state index in [0.717, 1.165) is 15.5 Å². The van der Waals surface area contributed by atoms with Gasteiger partial charge < -0.3 is 10.0 Å². The van der Waals surface area contributed by atoms with Gasteiger partial charge in [0.1, 0.15) is 6.54 Å². The van der Waals surface area contributed by atoms with Gasteiger partial charge in [0.2, 0.25) is 0 Å². The van der Waals surface area contributed by atoms with Gasteiger partial charge in [-0.25, -0.2) is 0 Å². The van der Waals surface area contributed by atoms with E-state index in [1.54, 1.807) is 4.90 Å². The Kier molecular flexibility index (Phi) is 3.01. The van der Waals surface area contributed by atoms with Crippen molar-refractivity contribution in [1.29, 1.82) is 0 Å². The lowest BCUT2D eigenvalue weighted by Crippen LogP contribution is -2.20. The van der Waals surface area contributed by atoms with E-state index >= 15 is 0 Å². The van der Waals surface area contributed by atoms with Crippen molar-refractivity contribution in [3.05, 3.63) is 53.7 Å². The number of hydrogen-bond donors (Lipinski definition) is 1. The van der Waals surface area contributed by atoms with Crippen molar-refractivity contribution in [3.8, 4) is 0 Å². The summed E-state index contributed by atoms with van der Waals surface area (Å²) in [4.78, 5) is 13.3. The van der Waals surface area contributed by atoms with E-state index in [1.807, 2.05) is 36.5 Å². The van der Waals surface area contributed by atoms with Crippen LogP contribution in [0.3, 0.4) is 0 Å². The quantitative estimate of drug-likeness (QED) is 0.871. The van der Waals surface area contributed by atoms with Crippen molar-refractivity contribution < 1.29 is 9.90 Å². The van der Waals surface area contributed by atoms with E-state index in [1.165, 1.54) is 11.8 Å². The molecule has 1 N–H and O–H groups in total. The third kappa shape index (κ3) is 2.28. The van der Waals surface area contributed by atoms with Crippen molar-refractivity contribution in [3.63, 3.8) is 0 Å². The fourth-order valence-electron chi connectivity index (χ4n) is 1.44. The molecule has 3 nitrogen and oxygen atoms in total. The summed E-state index contributed by atoms with van der Waals surface area (Å²) in [7, 11) is 0. The Morgan fingerprint density at radius 1 is 1.38 bits per heavy atom. The van der Waals surface area contributed by atoms with Gasteiger partial charge >= 0.3 is 5.97 Å². The van der Waals surface area contributed by atoms with Gasteiger partial charge in [-0.15, -0.1) is 0 Å². The maximum atomic E-state index is 10.6. The summed E-state index contributed by atoms with van der Waals surface area (Å²) in [6.07, 6.45) is 1.83. The van der Waals surface area contributed by atoms with Crippen molar-refractivity contribution >= 4 is 22.6 Å². The largest absolute Gasteiger partial charge is 0.480 e. The molecule has 0 bridgehead atoms. The van der Waals surface area contributed by atoms with Gasteiger partial charge in [0.15, 0.2) is 0 Å². The molecule has 0 saturated heterocycles. The molecule has 1 aromatic carbocycles. The molecule has 1 heterocycles. The lowest BCUT2D eigenvalue weighted by molar-refractivity contribution is -0.137. The molecule has 4 heteroatoms. The summed E-state index contributed by atoms with van der Waals surface area (Å²) in [5, 5.41) is 9.48. The van der Waals surface area contributed by atoms with E-state index in [0.29, 0.717) is 0 Å². The Balaban J connectivity index is 2.20. The standard InChI is InChI=1S/C12H11NO2S/c1-9-13(8-12(14)15)7-11(16-9)10-5-3-2-4-6-10/h2-7H,1,8H2,(H,14,15). The number of thioether (sulfide) groups is 1. The van der Waals surface area contributed by atoms with Crippen molar-refractivity contribution in [2.24, 2.45) is 0 Å². The lowest BCUT2D eigenvalue weighted by atomic mass is 10.2. The third-order valence-corrected chi connectivity index (χ3v) is 3.22. The van der Waals surface area contributed by atoms with Gasteiger partial charge in [-0.3, -0.25) is 4.79 Å². The van der Waals surface area contributed by atoms with Crippen molar-refractivity contribution in [2.45, 2.75) is 0 Å². The highest BCUT2D eigenvalue weighted by atomic mass is 32.2. The monoisotopic (exact) mass is 233 g/mol. The number of carbonyl (C=O) groups is 1. The maximum absolute atomic E-state index is 10.6. The van der Waals surface area contributed by atoms with Crippen LogP contribution >= 0.6 is 11.8 Å². The summed E-state index contributed by atoms with van der Waals surface area (Å²) < 4.78 is 0. The average Bonchev–Trinajstić information content (AvgIpc) is 2.61. The first kappa shape index (κ1) is 10.8. The van der Waals surface area contributed by atoms with Crippen molar-refractivity contribution in [1.82, 2.24) is 4.90 Å². The van der Waals surface area contributed by atoms with E-state index in [-0.39, 0.29) is 6.54 Å². The molecular formula is C12H11NO2S. The first-order valence-corrected chi connectivity index (χ1v) is 5.61. The second-order valence-corrected chi connectivity index (χ2v) is 4.49. The zero-order valence-corrected chi connectivity index (χ0v) is 9.41. The summed E-state index contributed by atoms with van der Waals surface area (Å²) in [6, 6.07) is 9.86. The molecule has 0 spiro atoms. The fourth-order valence-corrected chi connectivity index (χ4v) is 2.36. The van der Waals surface area contributed by atoms with Gasteiger partial charge in [0.05, 0.1) is 5.03 Å². The number of benzene rings is 1. The summed E-state index contributed by atoms with van der Waals surface area (Å²) >= 11 is 1.50. The number of carboxylic acids is 1. The molecule has 0 amide bonds. The molecule has 0 aromatic heterocycles. The van der Waals surface area contributed by atoms with Crippen LogP contribution in [0.5, 0.6) is 0 Å². The summed E-state index contributed by atoms with van der Waals surface area (Å²) in [5.41, 5.74) is 1.08. The van der Waals surface area contributed by atoms with Gasteiger partial charge in [-0.05, 0) is 5.56 Å². The Morgan fingerprint density at radius 3 is 2.69 bits per heavy atom. The summed E-state index contributed by atoms with van der Waals surface area (Å²) in [6.45, 7) is 3.80. The summed E-state index contributed by atoms with van der Waals surface area (Å²) in [5.74, 6) is -0.854. The minimum atomic E-state index is -0.854. The Bertz CT molecular complexity index is 453. The molecule has 2 rings (SSSR count). The Labute approximate surface area is 98.1 Å². The smallest absolute Gasteiger partial charge is 0.323 e. The normalized spacial score (nSPS) is 15.1. The highest BCUT2D eigenvalue weighted by Crippen LogP contribution is 2.40. The molecule has 0 unspecified atom stereocenters. The molecule has 0 fully saturated rings. The van der Waals surface area contributed by atoms with Crippen LogP contribution in [0.1, 0.15) is 5.56 Å². The number of hydrogen-bond acceptors (Lipinski definition) is 3. The maximum Gasteiger partial charge on any atom is 0.323 e. The second kappa shape index (κ2) is 4.45. The molecule has 16 heavy (non-hydrogen) atoms. The van der Waals surface area contributed by atoms with E-state index in [2.05, 4.69) is 6.58 Å². The highest BCUT2D eigenvalue weighted by molar-refractivity contribution is 8.12. The second-order valence-electron chi connectivity index (χ2n) is 3.38. The van der Waals surface area contributed by atoms with Gasteiger partial charge in [-0.1, -0.05) is 48.7 Å². The predicted octanol–water partition coefficient (Wildman–Crippen LogP) is 2.59. The third-order valence-electron chi connectivity index (χ3n) is 2.19. The van der Waals surface area contributed by atoms with Crippen LogP contribution in [0, 0.1) is 0 Å². The number of aliphatic carboxylic acids is 1.